The second kappa shape index (κ2) is 6.29. The Morgan fingerprint density at radius 2 is 1.88 bits per heavy atom. The van der Waals surface area contributed by atoms with E-state index in [-0.39, 0.29) is 5.41 Å². The minimum atomic E-state index is 0.186. The van der Waals surface area contributed by atoms with E-state index in [0.717, 1.165) is 43.9 Å². The Labute approximate surface area is 154 Å². The topological polar surface area (TPSA) is 47.7 Å². The quantitative estimate of drug-likeness (QED) is 0.921. The monoisotopic (exact) mass is 350 g/mol. The lowest BCUT2D eigenvalue weighted by Gasteiger charge is -2.44. The van der Waals surface area contributed by atoms with Crippen LogP contribution < -0.4 is 15.2 Å². The summed E-state index contributed by atoms with van der Waals surface area (Å²) in [6.07, 6.45) is 4.52. The highest BCUT2D eigenvalue weighted by molar-refractivity contribution is 5.48. The van der Waals surface area contributed by atoms with Crippen LogP contribution in [0.5, 0.6) is 11.5 Å². The lowest BCUT2D eigenvalue weighted by atomic mass is 9.65. The Morgan fingerprint density at radius 1 is 1.04 bits per heavy atom. The number of ether oxygens (including phenoxy) is 2. The van der Waals surface area contributed by atoms with Crippen LogP contribution in [-0.2, 0) is 12.0 Å². The van der Waals surface area contributed by atoms with Gasteiger partial charge >= 0.3 is 0 Å². The highest BCUT2D eigenvalue weighted by Gasteiger charge is 2.51. The number of nitrogens with two attached hydrogens (primary N) is 1. The van der Waals surface area contributed by atoms with Crippen LogP contribution in [-0.4, -0.2) is 30.3 Å². The number of fused-ring (bicyclic) bond motifs is 2. The summed E-state index contributed by atoms with van der Waals surface area (Å²) in [5.41, 5.74) is 9.37. The first kappa shape index (κ1) is 16.2. The maximum Gasteiger partial charge on any atom is 0.231 e. The van der Waals surface area contributed by atoms with E-state index in [2.05, 4.69) is 53.4 Å². The second-order valence-electron chi connectivity index (χ2n) is 7.98. The second-order valence-corrected chi connectivity index (χ2v) is 7.98. The Balaban J connectivity index is 1.48. The molecule has 3 atom stereocenters. The molecule has 0 bridgehead atoms. The van der Waals surface area contributed by atoms with Gasteiger partial charge in [-0.2, -0.15) is 0 Å². The van der Waals surface area contributed by atoms with E-state index < -0.39 is 0 Å². The van der Waals surface area contributed by atoms with Crippen LogP contribution in [0.1, 0.15) is 36.8 Å². The van der Waals surface area contributed by atoms with Gasteiger partial charge in [0.15, 0.2) is 11.5 Å². The van der Waals surface area contributed by atoms with Gasteiger partial charge in [-0.1, -0.05) is 36.4 Å². The van der Waals surface area contributed by atoms with Crippen LogP contribution in [0, 0.1) is 0 Å². The standard InChI is InChI=1S/C22H26N2O2/c23-18-8-9-22(17-6-7-19-20(12-17)26-15-25-19)10-11-24(21(22)13-18)14-16-4-2-1-3-5-16/h1-7,12,18,21H,8-11,13-15,23H2/t18?,21-,22+/m1/s1. The molecule has 2 heterocycles. The van der Waals surface area contributed by atoms with Gasteiger partial charge in [-0.15, -0.1) is 0 Å². The van der Waals surface area contributed by atoms with E-state index in [1.807, 2.05) is 0 Å². The predicted molar refractivity (Wildman–Crippen MR) is 101 cm³/mol. The molecule has 0 aromatic heterocycles. The van der Waals surface area contributed by atoms with Crippen molar-refractivity contribution < 1.29 is 9.47 Å². The number of hydrogen-bond donors (Lipinski definition) is 1. The SMILES string of the molecule is NC1CC[C@@]2(c3ccc4c(c3)OCO4)CCN(Cc3ccccc3)[C@@H]2C1. The van der Waals surface area contributed by atoms with Gasteiger partial charge < -0.3 is 15.2 Å². The molecule has 136 valence electrons. The molecular weight excluding hydrogens is 324 g/mol. The summed E-state index contributed by atoms with van der Waals surface area (Å²) in [5.74, 6) is 1.76. The van der Waals surface area contributed by atoms with Gasteiger partial charge in [0.1, 0.15) is 0 Å². The molecule has 0 spiro atoms. The zero-order valence-corrected chi connectivity index (χ0v) is 15.1. The Hall–Kier alpha value is -2.04. The van der Waals surface area contributed by atoms with Crippen molar-refractivity contribution in [1.29, 1.82) is 0 Å². The molecule has 3 aliphatic rings. The number of benzene rings is 2. The molecule has 5 rings (SSSR count). The van der Waals surface area contributed by atoms with Crippen molar-refractivity contribution >= 4 is 0 Å². The molecule has 1 saturated carbocycles. The third-order valence-corrected chi connectivity index (χ3v) is 6.59. The minimum Gasteiger partial charge on any atom is -0.454 e. The smallest absolute Gasteiger partial charge is 0.231 e. The summed E-state index contributed by atoms with van der Waals surface area (Å²) in [4.78, 5) is 2.65. The van der Waals surface area contributed by atoms with Crippen molar-refractivity contribution in [2.45, 2.75) is 49.7 Å². The van der Waals surface area contributed by atoms with E-state index in [1.165, 1.54) is 17.5 Å². The average molecular weight is 350 g/mol. The molecule has 0 amide bonds. The van der Waals surface area contributed by atoms with E-state index in [4.69, 9.17) is 15.2 Å². The molecule has 2 aromatic carbocycles. The average Bonchev–Trinajstić information content (AvgIpc) is 3.28. The van der Waals surface area contributed by atoms with Gasteiger partial charge in [-0.3, -0.25) is 4.90 Å². The Bertz CT molecular complexity index is 794. The normalized spacial score (nSPS) is 30.3. The molecule has 2 fully saturated rings. The zero-order valence-electron chi connectivity index (χ0n) is 15.1. The molecule has 4 heteroatoms. The van der Waals surface area contributed by atoms with Gasteiger partial charge in [-0.05, 0) is 55.5 Å². The fraction of sp³-hybridized carbons (Fsp3) is 0.455. The fourth-order valence-corrected chi connectivity index (χ4v) is 5.22. The van der Waals surface area contributed by atoms with Crippen LogP contribution in [0.25, 0.3) is 0 Å². The van der Waals surface area contributed by atoms with Gasteiger partial charge in [-0.25, -0.2) is 0 Å². The lowest BCUT2D eigenvalue weighted by Crippen LogP contribution is -2.50. The first-order valence-electron chi connectivity index (χ1n) is 9.68. The summed E-state index contributed by atoms with van der Waals surface area (Å²) >= 11 is 0. The van der Waals surface area contributed by atoms with Crippen LogP contribution in [0.15, 0.2) is 48.5 Å². The molecule has 1 aliphatic carbocycles. The number of likely N-dealkylation sites (tertiary alicyclic amines) is 1. The maximum absolute atomic E-state index is 6.40. The summed E-state index contributed by atoms with van der Waals surface area (Å²) in [7, 11) is 0. The summed E-state index contributed by atoms with van der Waals surface area (Å²) in [5, 5.41) is 0. The van der Waals surface area contributed by atoms with Gasteiger partial charge in [0.25, 0.3) is 0 Å². The van der Waals surface area contributed by atoms with Gasteiger partial charge in [0.05, 0.1) is 0 Å². The molecule has 0 radical (unpaired) electrons. The van der Waals surface area contributed by atoms with Crippen molar-refractivity contribution in [3.63, 3.8) is 0 Å². The molecule has 4 nitrogen and oxygen atoms in total. The molecular formula is C22H26N2O2. The van der Waals surface area contributed by atoms with E-state index in [1.54, 1.807) is 0 Å². The fourth-order valence-electron chi connectivity index (χ4n) is 5.22. The van der Waals surface area contributed by atoms with Crippen molar-refractivity contribution in [3.8, 4) is 11.5 Å². The summed E-state index contributed by atoms with van der Waals surface area (Å²) in [6.45, 7) is 2.46. The van der Waals surface area contributed by atoms with E-state index in [9.17, 15) is 0 Å². The van der Waals surface area contributed by atoms with Gasteiger partial charge in [0.2, 0.25) is 6.79 Å². The highest BCUT2D eigenvalue weighted by atomic mass is 16.7. The van der Waals surface area contributed by atoms with Crippen molar-refractivity contribution in [2.75, 3.05) is 13.3 Å². The third kappa shape index (κ3) is 2.60. The highest BCUT2D eigenvalue weighted by Crippen LogP contribution is 2.50. The first-order valence-corrected chi connectivity index (χ1v) is 9.68. The number of rotatable bonds is 3. The van der Waals surface area contributed by atoms with Crippen molar-refractivity contribution in [1.82, 2.24) is 4.90 Å². The predicted octanol–water partition coefficient (Wildman–Crippen LogP) is 3.44. The zero-order chi connectivity index (χ0) is 17.6. The summed E-state index contributed by atoms with van der Waals surface area (Å²) in [6, 6.07) is 18.1. The first-order chi connectivity index (χ1) is 12.7. The van der Waals surface area contributed by atoms with Crippen molar-refractivity contribution in [3.05, 3.63) is 59.7 Å². The molecule has 2 aliphatic heterocycles. The van der Waals surface area contributed by atoms with Crippen LogP contribution >= 0.6 is 0 Å². The van der Waals surface area contributed by atoms with E-state index >= 15 is 0 Å². The largest absolute Gasteiger partial charge is 0.454 e. The number of hydrogen-bond acceptors (Lipinski definition) is 4. The minimum absolute atomic E-state index is 0.186. The number of nitrogens with zero attached hydrogens (tertiary/aromatic N) is 1. The Morgan fingerprint density at radius 3 is 2.77 bits per heavy atom. The maximum atomic E-state index is 6.40. The van der Waals surface area contributed by atoms with E-state index in [0.29, 0.717) is 18.9 Å². The Kier molecular flexibility index (Phi) is 3.91. The molecule has 1 unspecified atom stereocenters. The van der Waals surface area contributed by atoms with Crippen molar-refractivity contribution in [2.24, 2.45) is 5.73 Å². The molecule has 26 heavy (non-hydrogen) atoms. The molecule has 2 N–H and O–H groups in total. The van der Waals surface area contributed by atoms with Crippen LogP contribution in [0.3, 0.4) is 0 Å². The van der Waals surface area contributed by atoms with Gasteiger partial charge in [0, 0.05) is 24.0 Å². The summed E-state index contributed by atoms with van der Waals surface area (Å²) < 4.78 is 11.2. The molecule has 1 saturated heterocycles. The molecule has 2 aromatic rings. The van der Waals surface area contributed by atoms with Crippen LogP contribution in [0.4, 0.5) is 0 Å². The third-order valence-electron chi connectivity index (χ3n) is 6.59. The van der Waals surface area contributed by atoms with Crippen LogP contribution in [0.2, 0.25) is 0 Å². The lowest BCUT2D eigenvalue weighted by molar-refractivity contribution is 0.139.